The van der Waals surface area contributed by atoms with Crippen molar-refractivity contribution in [2.24, 2.45) is 0 Å². The molecule has 1 nitrogen and oxygen atoms in total. The fraction of sp³-hybridized carbons (Fsp3) is 0.778. The van der Waals surface area contributed by atoms with Gasteiger partial charge in [0.25, 0.3) is 0 Å². The lowest BCUT2D eigenvalue weighted by atomic mass is 10.3. The standard InChI is InChI=1S/C9H17N/c1-3-6-9(2)10-7-4-5-8-10/h3,6,9H,4-5,7-8H2,1-2H3/b6-3+/t9-/m1/s1. The van der Waals surface area contributed by atoms with Crippen molar-refractivity contribution in [3.63, 3.8) is 0 Å². The normalized spacial score (nSPS) is 24.2. The van der Waals surface area contributed by atoms with E-state index in [1.54, 1.807) is 0 Å². The lowest BCUT2D eigenvalue weighted by Crippen LogP contribution is -2.27. The zero-order valence-corrected chi connectivity index (χ0v) is 7.01. The molecule has 1 fully saturated rings. The van der Waals surface area contributed by atoms with Gasteiger partial charge in [-0.05, 0) is 39.8 Å². The predicted molar refractivity (Wildman–Crippen MR) is 45.1 cm³/mol. The first-order valence-corrected chi connectivity index (χ1v) is 4.21. The molecule has 1 saturated heterocycles. The minimum Gasteiger partial charge on any atom is -0.297 e. The molecule has 0 N–H and O–H groups in total. The molecule has 1 atom stereocenters. The van der Waals surface area contributed by atoms with E-state index in [1.165, 1.54) is 25.9 Å². The lowest BCUT2D eigenvalue weighted by Gasteiger charge is -2.19. The quantitative estimate of drug-likeness (QED) is 0.529. The summed E-state index contributed by atoms with van der Waals surface area (Å²) >= 11 is 0. The Balaban J connectivity index is 2.32. The molecule has 0 radical (unpaired) electrons. The summed E-state index contributed by atoms with van der Waals surface area (Å²) in [6.07, 6.45) is 7.19. The molecule has 58 valence electrons. The highest BCUT2D eigenvalue weighted by Crippen LogP contribution is 2.11. The summed E-state index contributed by atoms with van der Waals surface area (Å²) in [5, 5.41) is 0. The first-order chi connectivity index (χ1) is 4.84. The van der Waals surface area contributed by atoms with Crippen LogP contribution < -0.4 is 0 Å². The van der Waals surface area contributed by atoms with Crippen molar-refractivity contribution >= 4 is 0 Å². The maximum Gasteiger partial charge on any atom is 0.0249 e. The van der Waals surface area contributed by atoms with Crippen LogP contribution in [0.15, 0.2) is 12.2 Å². The summed E-state index contributed by atoms with van der Waals surface area (Å²) in [6, 6.07) is 0.660. The molecule has 0 bridgehead atoms. The van der Waals surface area contributed by atoms with Gasteiger partial charge in [-0.1, -0.05) is 12.2 Å². The van der Waals surface area contributed by atoms with Gasteiger partial charge in [-0.25, -0.2) is 0 Å². The van der Waals surface area contributed by atoms with E-state index in [0.29, 0.717) is 6.04 Å². The van der Waals surface area contributed by atoms with Crippen molar-refractivity contribution in [1.82, 2.24) is 4.90 Å². The number of hydrogen-bond donors (Lipinski definition) is 0. The van der Waals surface area contributed by atoms with E-state index < -0.39 is 0 Å². The molecule has 0 aromatic carbocycles. The van der Waals surface area contributed by atoms with Gasteiger partial charge >= 0.3 is 0 Å². The van der Waals surface area contributed by atoms with Crippen LogP contribution in [0, 0.1) is 0 Å². The molecule has 1 heteroatoms. The molecule has 0 amide bonds. The van der Waals surface area contributed by atoms with Crippen LogP contribution in [-0.2, 0) is 0 Å². The molecule has 0 unspecified atom stereocenters. The monoisotopic (exact) mass is 139 g/mol. The van der Waals surface area contributed by atoms with Gasteiger partial charge in [-0.3, -0.25) is 4.90 Å². The second-order valence-electron chi connectivity index (χ2n) is 3.01. The Morgan fingerprint density at radius 1 is 1.30 bits per heavy atom. The molecule has 10 heavy (non-hydrogen) atoms. The fourth-order valence-corrected chi connectivity index (χ4v) is 1.55. The van der Waals surface area contributed by atoms with Crippen LogP contribution in [0.1, 0.15) is 26.7 Å². The topological polar surface area (TPSA) is 3.24 Å². The first kappa shape index (κ1) is 7.80. The number of nitrogens with zero attached hydrogens (tertiary/aromatic N) is 1. The highest BCUT2D eigenvalue weighted by atomic mass is 15.2. The molecular formula is C9H17N. The first-order valence-electron chi connectivity index (χ1n) is 4.21. The van der Waals surface area contributed by atoms with Crippen molar-refractivity contribution in [2.75, 3.05) is 13.1 Å². The Morgan fingerprint density at radius 2 is 1.90 bits per heavy atom. The van der Waals surface area contributed by atoms with Crippen LogP contribution in [0.2, 0.25) is 0 Å². The number of likely N-dealkylation sites (tertiary alicyclic amines) is 1. The van der Waals surface area contributed by atoms with Crippen molar-refractivity contribution in [3.05, 3.63) is 12.2 Å². The van der Waals surface area contributed by atoms with Crippen molar-refractivity contribution in [3.8, 4) is 0 Å². The summed E-state index contributed by atoms with van der Waals surface area (Å²) in [6.45, 7) is 6.95. The van der Waals surface area contributed by atoms with Crippen LogP contribution in [0.25, 0.3) is 0 Å². The Bertz CT molecular complexity index is 112. The summed E-state index contributed by atoms with van der Waals surface area (Å²) in [4.78, 5) is 2.53. The van der Waals surface area contributed by atoms with Crippen LogP contribution in [0.5, 0.6) is 0 Å². The molecule has 1 rings (SSSR count). The lowest BCUT2D eigenvalue weighted by molar-refractivity contribution is 0.300. The van der Waals surface area contributed by atoms with Crippen LogP contribution in [0.3, 0.4) is 0 Å². The third kappa shape index (κ3) is 1.84. The van der Waals surface area contributed by atoms with Gasteiger partial charge in [0.15, 0.2) is 0 Å². The van der Waals surface area contributed by atoms with Gasteiger partial charge in [0.05, 0.1) is 0 Å². The molecule has 1 aliphatic rings. The minimum absolute atomic E-state index is 0.660. The fourth-order valence-electron chi connectivity index (χ4n) is 1.55. The van der Waals surface area contributed by atoms with Crippen molar-refractivity contribution in [2.45, 2.75) is 32.7 Å². The molecule has 0 saturated carbocycles. The van der Waals surface area contributed by atoms with E-state index in [4.69, 9.17) is 0 Å². The Hall–Kier alpha value is -0.300. The SMILES string of the molecule is C/C=C/[C@@H](C)N1CCCC1. The van der Waals surface area contributed by atoms with Gasteiger partial charge in [0, 0.05) is 6.04 Å². The van der Waals surface area contributed by atoms with Gasteiger partial charge < -0.3 is 0 Å². The van der Waals surface area contributed by atoms with E-state index in [9.17, 15) is 0 Å². The van der Waals surface area contributed by atoms with Crippen LogP contribution >= 0.6 is 0 Å². The zero-order valence-electron chi connectivity index (χ0n) is 7.01. The molecule has 0 aliphatic carbocycles. The van der Waals surface area contributed by atoms with Gasteiger partial charge in [-0.15, -0.1) is 0 Å². The Labute approximate surface area is 63.7 Å². The molecule has 0 aromatic rings. The van der Waals surface area contributed by atoms with E-state index in [2.05, 4.69) is 30.9 Å². The molecule has 1 aliphatic heterocycles. The van der Waals surface area contributed by atoms with Gasteiger partial charge in [0.2, 0.25) is 0 Å². The van der Waals surface area contributed by atoms with E-state index >= 15 is 0 Å². The van der Waals surface area contributed by atoms with E-state index in [-0.39, 0.29) is 0 Å². The maximum atomic E-state index is 2.53. The second kappa shape index (κ2) is 3.77. The summed E-state index contributed by atoms with van der Waals surface area (Å²) in [5.41, 5.74) is 0. The van der Waals surface area contributed by atoms with E-state index in [0.717, 1.165) is 0 Å². The Kier molecular flexibility index (Phi) is 2.94. The number of rotatable bonds is 2. The average Bonchev–Trinajstić information content (AvgIpc) is 2.38. The average molecular weight is 139 g/mol. The van der Waals surface area contributed by atoms with Crippen molar-refractivity contribution in [1.29, 1.82) is 0 Å². The summed E-state index contributed by atoms with van der Waals surface area (Å²) < 4.78 is 0. The summed E-state index contributed by atoms with van der Waals surface area (Å²) in [5.74, 6) is 0. The highest BCUT2D eigenvalue weighted by molar-refractivity contribution is 4.90. The number of hydrogen-bond acceptors (Lipinski definition) is 1. The molecule has 1 heterocycles. The van der Waals surface area contributed by atoms with Gasteiger partial charge in [0.1, 0.15) is 0 Å². The third-order valence-electron chi connectivity index (χ3n) is 2.19. The predicted octanol–water partition coefficient (Wildman–Crippen LogP) is 2.05. The minimum atomic E-state index is 0.660. The van der Waals surface area contributed by atoms with Crippen LogP contribution in [-0.4, -0.2) is 24.0 Å². The molecule has 0 aromatic heterocycles. The third-order valence-corrected chi connectivity index (χ3v) is 2.19. The smallest absolute Gasteiger partial charge is 0.0249 e. The van der Waals surface area contributed by atoms with Crippen molar-refractivity contribution < 1.29 is 0 Å². The molecule has 0 spiro atoms. The largest absolute Gasteiger partial charge is 0.297 e. The number of allylic oxidation sites excluding steroid dienone is 1. The summed E-state index contributed by atoms with van der Waals surface area (Å²) in [7, 11) is 0. The molecular weight excluding hydrogens is 122 g/mol. The zero-order chi connectivity index (χ0) is 7.40. The van der Waals surface area contributed by atoms with Crippen LogP contribution in [0.4, 0.5) is 0 Å². The second-order valence-corrected chi connectivity index (χ2v) is 3.01. The van der Waals surface area contributed by atoms with Gasteiger partial charge in [-0.2, -0.15) is 0 Å². The maximum absolute atomic E-state index is 2.53. The highest BCUT2D eigenvalue weighted by Gasteiger charge is 2.14. The van der Waals surface area contributed by atoms with E-state index in [1.807, 2.05) is 0 Å². The Morgan fingerprint density at radius 3 is 2.40 bits per heavy atom.